The van der Waals surface area contributed by atoms with E-state index in [-0.39, 0.29) is 11.7 Å². The molecule has 0 atom stereocenters. The number of hydrogen-bond acceptors (Lipinski definition) is 6. The summed E-state index contributed by atoms with van der Waals surface area (Å²) in [5.74, 6) is 0.473. The molecule has 3 N–H and O–H groups in total. The lowest BCUT2D eigenvalue weighted by atomic mass is 10.1. The third kappa shape index (κ3) is 6.50. The molecule has 2 aromatic rings. The van der Waals surface area contributed by atoms with Crippen molar-refractivity contribution in [2.24, 2.45) is 0 Å². The zero-order chi connectivity index (χ0) is 19.7. The van der Waals surface area contributed by atoms with Gasteiger partial charge in [0.2, 0.25) is 0 Å². The van der Waals surface area contributed by atoms with E-state index in [0.29, 0.717) is 11.5 Å². The number of carbonyl (C=O) groups excluding carboxylic acids is 1. The number of amides is 1. The molecule has 1 fully saturated rings. The van der Waals surface area contributed by atoms with Crippen molar-refractivity contribution in [1.82, 2.24) is 25.1 Å². The maximum absolute atomic E-state index is 11.5. The van der Waals surface area contributed by atoms with E-state index >= 15 is 0 Å². The van der Waals surface area contributed by atoms with Crippen LogP contribution in [-0.4, -0.2) is 49.8 Å². The van der Waals surface area contributed by atoms with Gasteiger partial charge in [-0.05, 0) is 47.0 Å². The SMILES string of the molecule is CC.CC(C)(C)OC(=O)N1CCCCC1.Cc1[nH]nc2ncnc(N)c12. The van der Waals surface area contributed by atoms with Crippen molar-refractivity contribution in [3.05, 3.63) is 12.0 Å². The molecule has 1 amide bonds. The number of rotatable bonds is 0. The van der Waals surface area contributed by atoms with Crippen LogP contribution < -0.4 is 5.73 Å². The smallest absolute Gasteiger partial charge is 0.410 e. The summed E-state index contributed by atoms with van der Waals surface area (Å²) < 4.78 is 5.26. The Kier molecular flexibility index (Phi) is 8.28. The Balaban J connectivity index is 0.000000239. The van der Waals surface area contributed by atoms with E-state index in [0.717, 1.165) is 37.0 Å². The molecule has 2 aromatic heterocycles. The molecule has 1 saturated heterocycles. The first-order valence-electron chi connectivity index (χ1n) is 9.17. The van der Waals surface area contributed by atoms with Gasteiger partial charge >= 0.3 is 6.09 Å². The van der Waals surface area contributed by atoms with Gasteiger partial charge in [0, 0.05) is 18.8 Å². The Morgan fingerprint density at radius 2 is 1.81 bits per heavy atom. The highest BCUT2D eigenvalue weighted by Gasteiger charge is 2.22. The Bertz CT molecular complexity index is 687. The van der Waals surface area contributed by atoms with Crippen molar-refractivity contribution in [1.29, 1.82) is 0 Å². The van der Waals surface area contributed by atoms with Crippen LogP contribution >= 0.6 is 0 Å². The summed E-state index contributed by atoms with van der Waals surface area (Å²) in [6, 6.07) is 0. The van der Waals surface area contributed by atoms with E-state index < -0.39 is 0 Å². The number of nitrogen functional groups attached to an aromatic ring is 1. The average molecular weight is 364 g/mol. The monoisotopic (exact) mass is 364 g/mol. The number of anilines is 1. The number of aryl methyl sites for hydroxylation is 1. The Labute approximate surface area is 155 Å². The van der Waals surface area contributed by atoms with Crippen LogP contribution in [0.5, 0.6) is 0 Å². The number of carbonyl (C=O) groups is 1. The lowest BCUT2D eigenvalue weighted by molar-refractivity contribution is 0.0216. The molecule has 0 aliphatic carbocycles. The van der Waals surface area contributed by atoms with Crippen LogP contribution in [0.2, 0.25) is 0 Å². The molecule has 26 heavy (non-hydrogen) atoms. The second-order valence-corrected chi connectivity index (χ2v) is 6.83. The van der Waals surface area contributed by atoms with Gasteiger partial charge in [-0.15, -0.1) is 0 Å². The second-order valence-electron chi connectivity index (χ2n) is 6.83. The van der Waals surface area contributed by atoms with Crippen LogP contribution in [0.4, 0.5) is 10.6 Å². The van der Waals surface area contributed by atoms with Crippen LogP contribution in [0.3, 0.4) is 0 Å². The van der Waals surface area contributed by atoms with Crippen molar-refractivity contribution in [3.63, 3.8) is 0 Å². The van der Waals surface area contributed by atoms with Crippen molar-refractivity contribution in [2.75, 3.05) is 18.8 Å². The number of nitrogens with zero attached hydrogens (tertiary/aromatic N) is 4. The first kappa shape index (κ1) is 21.7. The van der Waals surface area contributed by atoms with E-state index in [1.807, 2.05) is 41.5 Å². The van der Waals surface area contributed by atoms with Gasteiger partial charge in [0.25, 0.3) is 0 Å². The van der Waals surface area contributed by atoms with E-state index in [4.69, 9.17) is 10.5 Å². The molecule has 0 aromatic carbocycles. The van der Waals surface area contributed by atoms with Gasteiger partial charge in [-0.1, -0.05) is 13.8 Å². The summed E-state index contributed by atoms with van der Waals surface area (Å²) in [5.41, 5.74) is 6.75. The van der Waals surface area contributed by atoms with Crippen LogP contribution in [0.25, 0.3) is 11.0 Å². The predicted octanol–water partition coefficient (Wildman–Crippen LogP) is 3.68. The zero-order valence-corrected chi connectivity index (χ0v) is 16.8. The summed E-state index contributed by atoms with van der Waals surface area (Å²) in [4.78, 5) is 21.1. The van der Waals surface area contributed by atoms with Gasteiger partial charge in [-0.2, -0.15) is 5.10 Å². The molecule has 8 nitrogen and oxygen atoms in total. The fraction of sp³-hybridized carbons (Fsp3) is 0.667. The molecule has 3 heterocycles. The van der Waals surface area contributed by atoms with Gasteiger partial charge in [-0.3, -0.25) is 5.10 Å². The lowest BCUT2D eigenvalue weighted by Gasteiger charge is -2.29. The van der Waals surface area contributed by atoms with Crippen LogP contribution in [0, 0.1) is 6.92 Å². The average Bonchev–Trinajstić information content (AvgIpc) is 2.99. The quantitative estimate of drug-likeness (QED) is 0.738. The van der Waals surface area contributed by atoms with Crippen molar-refractivity contribution < 1.29 is 9.53 Å². The highest BCUT2D eigenvalue weighted by atomic mass is 16.6. The molecule has 0 radical (unpaired) electrons. The standard InChI is InChI=1S/C10H19NO2.C6H7N5.C2H6/c1-10(2,3)13-9(12)11-7-5-4-6-8-11;1-3-4-5(7)8-2-9-6(4)11-10-3;1-2/h4-8H2,1-3H3;2H,1H3,(H3,7,8,9,10,11);1-2H3. The number of nitrogens with one attached hydrogen (secondary N) is 1. The maximum atomic E-state index is 11.5. The van der Waals surface area contributed by atoms with Gasteiger partial charge < -0.3 is 15.4 Å². The number of likely N-dealkylation sites (tertiary alicyclic amines) is 1. The molecule has 146 valence electrons. The molecule has 0 spiro atoms. The van der Waals surface area contributed by atoms with Crippen molar-refractivity contribution >= 4 is 22.9 Å². The summed E-state index contributed by atoms with van der Waals surface area (Å²) >= 11 is 0. The predicted molar refractivity (Wildman–Crippen MR) is 104 cm³/mol. The normalized spacial score (nSPS) is 14.0. The zero-order valence-electron chi connectivity index (χ0n) is 16.8. The number of fused-ring (bicyclic) bond motifs is 1. The lowest BCUT2D eigenvalue weighted by Crippen LogP contribution is -2.39. The Morgan fingerprint density at radius 3 is 2.35 bits per heavy atom. The Morgan fingerprint density at radius 1 is 1.19 bits per heavy atom. The topological polar surface area (TPSA) is 110 Å². The van der Waals surface area contributed by atoms with E-state index in [1.54, 1.807) is 4.90 Å². The third-order valence-corrected chi connectivity index (χ3v) is 3.57. The number of aromatic nitrogens is 4. The highest BCUT2D eigenvalue weighted by Crippen LogP contribution is 2.16. The summed E-state index contributed by atoms with van der Waals surface area (Å²) in [7, 11) is 0. The number of H-pyrrole nitrogens is 1. The molecule has 1 aliphatic rings. The van der Waals surface area contributed by atoms with Gasteiger partial charge in [0.15, 0.2) is 5.65 Å². The first-order chi connectivity index (χ1) is 12.3. The molecule has 3 rings (SSSR count). The number of aromatic amines is 1. The molecule has 0 bridgehead atoms. The summed E-state index contributed by atoms with van der Waals surface area (Å²) in [6.07, 6.45) is 4.70. The van der Waals surface area contributed by atoms with Crippen LogP contribution in [-0.2, 0) is 4.74 Å². The second kappa shape index (κ2) is 9.94. The van der Waals surface area contributed by atoms with Crippen LogP contribution in [0.15, 0.2) is 6.33 Å². The maximum Gasteiger partial charge on any atom is 0.410 e. The van der Waals surface area contributed by atoms with Gasteiger partial charge in [0.05, 0.1) is 5.39 Å². The minimum Gasteiger partial charge on any atom is -0.444 e. The third-order valence-electron chi connectivity index (χ3n) is 3.57. The highest BCUT2D eigenvalue weighted by molar-refractivity contribution is 5.87. The number of piperidine rings is 1. The molecule has 1 aliphatic heterocycles. The molecule has 0 saturated carbocycles. The largest absolute Gasteiger partial charge is 0.444 e. The molecular formula is C18H32N6O2. The first-order valence-corrected chi connectivity index (χ1v) is 9.17. The van der Waals surface area contributed by atoms with Crippen molar-refractivity contribution in [3.8, 4) is 0 Å². The molecule has 8 heteroatoms. The minimum atomic E-state index is -0.367. The summed E-state index contributed by atoms with van der Waals surface area (Å²) in [5, 5.41) is 7.52. The molecular weight excluding hydrogens is 332 g/mol. The van der Waals surface area contributed by atoms with Crippen LogP contribution in [0.1, 0.15) is 59.6 Å². The van der Waals surface area contributed by atoms with E-state index in [1.165, 1.54) is 12.7 Å². The number of ether oxygens (including phenoxy) is 1. The van der Waals surface area contributed by atoms with E-state index in [2.05, 4.69) is 20.2 Å². The molecule has 0 unspecified atom stereocenters. The fourth-order valence-corrected chi connectivity index (χ4v) is 2.43. The summed E-state index contributed by atoms with van der Waals surface area (Å²) in [6.45, 7) is 13.3. The number of nitrogens with two attached hydrogens (primary N) is 1. The Hall–Kier alpha value is -2.38. The van der Waals surface area contributed by atoms with Crippen molar-refractivity contribution in [2.45, 2.75) is 66.4 Å². The number of hydrogen-bond donors (Lipinski definition) is 2. The van der Waals surface area contributed by atoms with Gasteiger partial charge in [0.1, 0.15) is 17.7 Å². The van der Waals surface area contributed by atoms with E-state index in [9.17, 15) is 4.79 Å². The van der Waals surface area contributed by atoms with Gasteiger partial charge in [-0.25, -0.2) is 14.8 Å². The fourth-order valence-electron chi connectivity index (χ4n) is 2.43. The minimum absolute atomic E-state index is 0.160.